The number of fused-ring (bicyclic) bond motifs is 1. The molecule has 7 heteroatoms. The van der Waals surface area contributed by atoms with Gasteiger partial charge in [-0.25, -0.2) is 4.79 Å². The summed E-state index contributed by atoms with van der Waals surface area (Å²) in [5.74, 6) is -0.0762. The number of nitriles is 1. The molecule has 1 fully saturated rings. The van der Waals surface area contributed by atoms with Gasteiger partial charge in [0.15, 0.2) is 0 Å². The van der Waals surface area contributed by atoms with E-state index >= 15 is 0 Å². The Bertz CT molecular complexity index is 1340. The van der Waals surface area contributed by atoms with Crippen LogP contribution in [0.1, 0.15) is 56.7 Å². The van der Waals surface area contributed by atoms with Crippen molar-refractivity contribution >= 4 is 22.8 Å². The summed E-state index contributed by atoms with van der Waals surface area (Å²) in [6, 6.07) is 21.3. The van der Waals surface area contributed by atoms with Gasteiger partial charge in [0, 0.05) is 13.0 Å². The quantitative estimate of drug-likeness (QED) is 0.360. The Labute approximate surface area is 223 Å². The fourth-order valence-electron chi connectivity index (χ4n) is 4.60. The van der Waals surface area contributed by atoms with Crippen LogP contribution in [0.4, 0.5) is 4.79 Å². The van der Waals surface area contributed by atoms with E-state index in [2.05, 4.69) is 6.07 Å². The maximum absolute atomic E-state index is 12.9. The van der Waals surface area contributed by atoms with E-state index < -0.39 is 11.5 Å². The topological polar surface area (TPSA) is 88.9 Å². The van der Waals surface area contributed by atoms with Gasteiger partial charge in [-0.1, -0.05) is 36.4 Å². The summed E-state index contributed by atoms with van der Waals surface area (Å²) >= 11 is 0. The lowest BCUT2D eigenvalue weighted by molar-refractivity contribution is -0.144. The molecule has 0 spiro atoms. The van der Waals surface area contributed by atoms with Gasteiger partial charge in [-0.3, -0.25) is 4.79 Å². The summed E-state index contributed by atoms with van der Waals surface area (Å²) in [5.41, 5.74) is 1.89. The smallest absolute Gasteiger partial charge is 0.410 e. The van der Waals surface area contributed by atoms with Crippen LogP contribution in [0.3, 0.4) is 0 Å². The number of benzene rings is 3. The van der Waals surface area contributed by atoms with Gasteiger partial charge in [0.2, 0.25) is 0 Å². The summed E-state index contributed by atoms with van der Waals surface area (Å²) in [6.45, 7) is 8.71. The summed E-state index contributed by atoms with van der Waals surface area (Å²) < 4.78 is 17.0. The molecule has 1 saturated heterocycles. The molecule has 4 rings (SSSR count). The Morgan fingerprint density at radius 3 is 2.47 bits per heavy atom. The molecule has 1 amide bonds. The highest BCUT2D eigenvalue weighted by molar-refractivity contribution is 5.85. The number of nitrogens with zero attached hydrogens (tertiary/aromatic N) is 2. The van der Waals surface area contributed by atoms with Crippen molar-refractivity contribution in [1.82, 2.24) is 4.90 Å². The molecule has 0 aliphatic carbocycles. The van der Waals surface area contributed by atoms with E-state index in [-0.39, 0.29) is 18.2 Å². The molecule has 2 atom stereocenters. The molecule has 0 radical (unpaired) electrons. The van der Waals surface area contributed by atoms with Crippen molar-refractivity contribution in [3.8, 4) is 11.8 Å². The van der Waals surface area contributed by atoms with Crippen molar-refractivity contribution in [3.05, 3.63) is 77.4 Å². The normalized spacial score (nSPS) is 16.1. The Balaban J connectivity index is 1.45. The lowest BCUT2D eigenvalue weighted by Gasteiger charge is -2.24. The number of rotatable bonds is 7. The average Bonchev–Trinajstić information content (AvgIpc) is 3.35. The van der Waals surface area contributed by atoms with Crippen LogP contribution in [0.5, 0.6) is 5.75 Å². The first kappa shape index (κ1) is 27.0. The van der Waals surface area contributed by atoms with Gasteiger partial charge in [-0.2, -0.15) is 5.26 Å². The Morgan fingerprint density at radius 1 is 1.05 bits per heavy atom. The maximum Gasteiger partial charge on any atom is 0.410 e. The average molecular weight is 515 g/mol. The minimum absolute atomic E-state index is 0.120. The van der Waals surface area contributed by atoms with Gasteiger partial charge in [-0.05, 0) is 80.3 Å². The van der Waals surface area contributed by atoms with Crippen LogP contribution in [0, 0.1) is 11.3 Å². The third kappa shape index (κ3) is 6.83. The predicted octanol–water partition coefficient (Wildman–Crippen LogP) is 5.99. The number of carbonyl (C=O) groups is 2. The number of likely N-dealkylation sites (tertiary alicyclic amines) is 1. The first-order chi connectivity index (χ1) is 18.1. The molecule has 198 valence electrons. The number of amides is 1. The largest absolute Gasteiger partial charge is 0.489 e. The Hall–Kier alpha value is -4.05. The lowest BCUT2D eigenvalue weighted by atomic mass is 9.91. The van der Waals surface area contributed by atoms with Crippen LogP contribution >= 0.6 is 0 Å². The van der Waals surface area contributed by atoms with Crippen molar-refractivity contribution in [2.75, 3.05) is 19.7 Å². The van der Waals surface area contributed by atoms with Crippen LogP contribution in [0.25, 0.3) is 10.8 Å². The van der Waals surface area contributed by atoms with Gasteiger partial charge in [0.05, 0.1) is 30.7 Å². The van der Waals surface area contributed by atoms with Crippen LogP contribution in [0.15, 0.2) is 60.7 Å². The molecule has 0 N–H and O–H groups in total. The predicted molar refractivity (Wildman–Crippen MR) is 145 cm³/mol. The van der Waals surface area contributed by atoms with Crippen LogP contribution in [0.2, 0.25) is 0 Å². The number of esters is 1. The summed E-state index contributed by atoms with van der Waals surface area (Å²) in [6.07, 6.45) is 0.750. The molecule has 1 heterocycles. The van der Waals surface area contributed by atoms with Crippen molar-refractivity contribution < 1.29 is 23.8 Å². The number of hydrogen-bond donors (Lipinski definition) is 0. The molecule has 7 nitrogen and oxygen atoms in total. The summed E-state index contributed by atoms with van der Waals surface area (Å²) in [4.78, 5) is 26.9. The van der Waals surface area contributed by atoms with E-state index in [1.807, 2.05) is 75.4 Å². The van der Waals surface area contributed by atoms with Gasteiger partial charge in [0.25, 0.3) is 0 Å². The zero-order valence-electron chi connectivity index (χ0n) is 22.4. The first-order valence-corrected chi connectivity index (χ1v) is 13.0. The third-order valence-electron chi connectivity index (χ3n) is 6.43. The molecule has 0 unspecified atom stereocenters. The molecule has 0 saturated carbocycles. The highest BCUT2D eigenvalue weighted by atomic mass is 16.6. The highest BCUT2D eigenvalue weighted by Crippen LogP contribution is 2.28. The first-order valence-electron chi connectivity index (χ1n) is 13.0. The summed E-state index contributed by atoms with van der Waals surface area (Å²) in [7, 11) is 0. The SMILES string of the molecule is CCOC(=O)[C@H](Cc1ccc2ccc(C#N)cc2c1)c1ccc(O[C@H]2CCN(C(=O)OC(C)(C)C)C2)cc1. The van der Waals surface area contributed by atoms with Gasteiger partial charge in [-0.15, -0.1) is 0 Å². The number of hydrogen-bond acceptors (Lipinski definition) is 6. The van der Waals surface area contributed by atoms with E-state index in [0.717, 1.165) is 28.3 Å². The molecule has 3 aromatic carbocycles. The van der Waals surface area contributed by atoms with Gasteiger partial charge >= 0.3 is 12.1 Å². The minimum Gasteiger partial charge on any atom is -0.489 e. The second-order valence-electron chi connectivity index (χ2n) is 10.5. The second-order valence-corrected chi connectivity index (χ2v) is 10.5. The van der Waals surface area contributed by atoms with E-state index in [0.29, 0.717) is 37.4 Å². The van der Waals surface area contributed by atoms with E-state index in [9.17, 15) is 14.9 Å². The molecular weight excluding hydrogens is 480 g/mol. The lowest BCUT2D eigenvalue weighted by Crippen LogP contribution is -2.36. The van der Waals surface area contributed by atoms with Gasteiger partial charge < -0.3 is 19.1 Å². The number of carbonyl (C=O) groups excluding carboxylic acids is 2. The summed E-state index contributed by atoms with van der Waals surface area (Å²) in [5, 5.41) is 11.2. The van der Waals surface area contributed by atoms with Crippen molar-refractivity contribution in [2.24, 2.45) is 0 Å². The molecule has 38 heavy (non-hydrogen) atoms. The van der Waals surface area contributed by atoms with E-state index in [1.165, 1.54) is 0 Å². The maximum atomic E-state index is 12.9. The molecule has 1 aliphatic rings. The molecule has 1 aliphatic heterocycles. The molecule has 3 aromatic rings. The zero-order valence-corrected chi connectivity index (χ0v) is 22.4. The van der Waals surface area contributed by atoms with Crippen molar-refractivity contribution in [1.29, 1.82) is 5.26 Å². The van der Waals surface area contributed by atoms with E-state index in [4.69, 9.17) is 14.2 Å². The third-order valence-corrected chi connectivity index (χ3v) is 6.43. The van der Waals surface area contributed by atoms with Crippen molar-refractivity contribution in [3.63, 3.8) is 0 Å². The van der Waals surface area contributed by atoms with Gasteiger partial charge in [0.1, 0.15) is 17.5 Å². The zero-order chi connectivity index (χ0) is 27.3. The molecule has 0 bridgehead atoms. The van der Waals surface area contributed by atoms with E-state index in [1.54, 1.807) is 17.9 Å². The van der Waals surface area contributed by atoms with Crippen LogP contribution < -0.4 is 4.74 Å². The Kier molecular flexibility index (Phi) is 8.21. The standard InChI is InChI=1S/C31H34N2O5/c1-5-36-29(34)28(18-21-6-8-23-9-7-22(19-32)17-25(23)16-21)24-10-12-26(13-11-24)37-27-14-15-33(20-27)30(35)38-31(2,3)4/h6-13,16-17,27-28H,5,14-15,18,20H2,1-4H3/t27-,28+/m0/s1. The monoisotopic (exact) mass is 514 g/mol. The fraction of sp³-hybridized carbons (Fsp3) is 0.387. The molecule has 0 aromatic heterocycles. The molecular formula is C31H34N2O5. The van der Waals surface area contributed by atoms with Crippen LogP contribution in [-0.2, 0) is 20.7 Å². The van der Waals surface area contributed by atoms with Crippen LogP contribution in [-0.4, -0.2) is 48.4 Å². The fourth-order valence-corrected chi connectivity index (χ4v) is 4.60. The highest BCUT2D eigenvalue weighted by Gasteiger charge is 2.31. The van der Waals surface area contributed by atoms with Crippen molar-refractivity contribution in [2.45, 2.75) is 58.2 Å². The minimum atomic E-state index is -0.534. The second kappa shape index (κ2) is 11.6. The number of ether oxygens (including phenoxy) is 3. The Morgan fingerprint density at radius 2 is 1.79 bits per heavy atom.